The van der Waals surface area contributed by atoms with Crippen molar-refractivity contribution in [2.24, 2.45) is 4.99 Å². The van der Waals surface area contributed by atoms with Gasteiger partial charge in [-0.3, -0.25) is 9.69 Å². The van der Waals surface area contributed by atoms with Gasteiger partial charge in [-0.1, -0.05) is 36.4 Å². The van der Waals surface area contributed by atoms with Crippen molar-refractivity contribution in [1.29, 1.82) is 0 Å². The van der Waals surface area contributed by atoms with Crippen LogP contribution in [0.4, 0.5) is 5.69 Å². The standard InChI is InChI=1S/C24H16N2O5/c27-23-19(12-15-6-11-20-21(13-15)31-14-30-20)25-22(16-4-2-1-3-5-16)26(23)18-9-7-17(8-10-18)24(28)29/h1-13H,14H2,(H,28,29). The Balaban J connectivity index is 1.57. The molecule has 0 atom stereocenters. The summed E-state index contributed by atoms with van der Waals surface area (Å²) in [7, 11) is 0. The number of carbonyl (C=O) groups excluding carboxylic acids is 1. The number of rotatable bonds is 4. The van der Waals surface area contributed by atoms with Crippen LogP contribution < -0.4 is 14.4 Å². The van der Waals surface area contributed by atoms with Crippen LogP contribution >= 0.6 is 0 Å². The van der Waals surface area contributed by atoms with E-state index in [1.807, 2.05) is 36.4 Å². The molecule has 7 heteroatoms. The predicted molar refractivity (Wildman–Crippen MR) is 114 cm³/mol. The number of anilines is 1. The van der Waals surface area contributed by atoms with E-state index >= 15 is 0 Å². The van der Waals surface area contributed by atoms with Crippen LogP contribution in [0.2, 0.25) is 0 Å². The van der Waals surface area contributed by atoms with Gasteiger partial charge in [-0.15, -0.1) is 0 Å². The number of amides is 1. The number of amidine groups is 1. The summed E-state index contributed by atoms with van der Waals surface area (Å²) in [5, 5.41) is 9.16. The zero-order valence-electron chi connectivity index (χ0n) is 16.2. The quantitative estimate of drug-likeness (QED) is 0.656. The summed E-state index contributed by atoms with van der Waals surface area (Å²) >= 11 is 0. The molecular formula is C24H16N2O5. The van der Waals surface area contributed by atoms with Crippen LogP contribution in [0, 0.1) is 0 Å². The summed E-state index contributed by atoms with van der Waals surface area (Å²) < 4.78 is 10.7. The first-order valence-corrected chi connectivity index (χ1v) is 9.53. The smallest absolute Gasteiger partial charge is 0.335 e. The number of carboxylic acids is 1. The fourth-order valence-corrected chi connectivity index (χ4v) is 3.45. The Hall–Kier alpha value is -4.39. The van der Waals surface area contributed by atoms with Crippen molar-refractivity contribution in [3.8, 4) is 11.5 Å². The first-order chi connectivity index (χ1) is 15.1. The third-order valence-corrected chi connectivity index (χ3v) is 4.96. The fraction of sp³-hybridized carbons (Fsp3) is 0.0417. The third kappa shape index (κ3) is 3.42. The number of benzene rings is 3. The molecule has 3 aromatic rings. The molecule has 0 fully saturated rings. The number of hydrogen-bond donors (Lipinski definition) is 1. The molecule has 0 aliphatic carbocycles. The second-order valence-corrected chi connectivity index (χ2v) is 6.94. The van der Waals surface area contributed by atoms with E-state index in [2.05, 4.69) is 4.99 Å². The number of aromatic carboxylic acids is 1. The Morgan fingerprint density at radius 1 is 0.968 bits per heavy atom. The van der Waals surface area contributed by atoms with E-state index < -0.39 is 5.97 Å². The van der Waals surface area contributed by atoms with Crippen LogP contribution in [-0.4, -0.2) is 29.6 Å². The third-order valence-electron chi connectivity index (χ3n) is 4.96. The summed E-state index contributed by atoms with van der Waals surface area (Å²) in [5.74, 6) is 0.418. The zero-order valence-corrected chi connectivity index (χ0v) is 16.2. The Morgan fingerprint density at radius 3 is 2.45 bits per heavy atom. The summed E-state index contributed by atoms with van der Waals surface area (Å²) in [6.45, 7) is 0.171. The van der Waals surface area contributed by atoms with Crippen molar-refractivity contribution in [1.82, 2.24) is 0 Å². The van der Waals surface area contributed by atoms with Crippen LogP contribution in [0.25, 0.3) is 6.08 Å². The van der Waals surface area contributed by atoms with Gasteiger partial charge in [-0.05, 0) is 48.0 Å². The molecule has 0 radical (unpaired) electrons. The molecule has 0 saturated heterocycles. The molecule has 31 heavy (non-hydrogen) atoms. The Labute approximate surface area is 177 Å². The van der Waals surface area contributed by atoms with E-state index in [0.29, 0.717) is 23.0 Å². The molecule has 1 amide bonds. The number of hydrogen-bond acceptors (Lipinski definition) is 5. The highest BCUT2D eigenvalue weighted by atomic mass is 16.7. The van der Waals surface area contributed by atoms with Gasteiger partial charge in [0.1, 0.15) is 11.5 Å². The number of carboxylic acid groups (broad SMARTS) is 1. The molecule has 0 saturated carbocycles. The van der Waals surface area contributed by atoms with Crippen LogP contribution in [-0.2, 0) is 4.79 Å². The Morgan fingerprint density at radius 2 is 1.71 bits per heavy atom. The molecule has 2 aliphatic rings. The molecule has 152 valence electrons. The van der Waals surface area contributed by atoms with E-state index in [4.69, 9.17) is 14.6 Å². The highest BCUT2D eigenvalue weighted by Gasteiger charge is 2.32. The highest BCUT2D eigenvalue weighted by Crippen LogP contribution is 2.34. The number of aliphatic imine (C=N–C) groups is 1. The Kier molecular flexibility index (Phi) is 4.48. The number of fused-ring (bicyclic) bond motifs is 1. The molecule has 0 bridgehead atoms. The highest BCUT2D eigenvalue weighted by molar-refractivity contribution is 6.33. The normalized spacial score (nSPS) is 16.0. The molecule has 0 aromatic heterocycles. The maximum Gasteiger partial charge on any atom is 0.335 e. The SMILES string of the molecule is O=C(O)c1ccc(N2C(=O)C(=Cc3ccc4c(c3)OCO4)N=C2c2ccccc2)cc1. The van der Waals surface area contributed by atoms with Gasteiger partial charge in [0.15, 0.2) is 11.5 Å². The number of carbonyl (C=O) groups is 2. The van der Waals surface area contributed by atoms with Crippen molar-refractivity contribution in [2.75, 3.05) is 11.7 Å². The number of nitrogens with zero attached hydrogens (tertiary/aromatic N) is 2. The molecule has 3 aromatic carbocycles. The van der Waals surface area contributed by atoms with Gasteiger partial charge >= 0.3 is 5.97 Å². The Bertz CT molecular complexity index is 1250. The largest absolute Gasteiger partial charge is 0.478 e. The van der Waals surface area contributed by atoms with Crippen LogP contribution in [0.1, 0.15) is 21.5 Å². The van der Waals surface area contributed by atoms with Gasteiger partial charge in [-0.25, -0.2) is 9.79 Å². The van der Waals surface area contributed by atoms with Crippen LogP contribution in [0.15, 0.2) is 83.5 Å². The second-order valence-electron chi connectivity index (χ2n) is 6.94. The van der Waals surface area contributed by atoms with Crippen molar-refractivity contribution in [3.05, 3.63) is 95.2 Å². The van der Waals surface area contributed by atoms with Crippen LogP contribution in [0.5, 0.6) is 11.5 Å². The second kappa shape index (κ2) is 7.46. The molecule has 1 N–H and O–H groups in total. The zero-order chi connectivity index (χ0) is 21.4. The van der Waals surface area contributed by atoms with Gasteiger partial charge < -0.3 is 14.6 Å². The summed E-state index contributed by atoms with van der Waals surface area (Å²) in [4.78, 5) is 30.6. The van der Waals surface area contributed by atoms with Crippen LogP contribution in [0.3, 0.4) is 0 Å². The maximum absolute atomic E-state index is 13.3. The summed E-state index contributed by atoms with van der Waals surface area (Å²) in [6, 6.07) is 20.9. The van der Waals surface area contributed by atoms with Gasteiger partial charge in [0.05, 0.1) is 11.3 Å². The van der Waals surface area contributed by atoms with Crippen molar-refractivity contribution in [2.45, 2.75) is 0 Å². The minimum atomic E-state index is -1.03. The minimum Gasteiger partial charge on any atom is -0.478 e. The predicted octanol–water partition coefficient (Wildman–Crippen LogP) is 3.95. The van der Waals surface area contributed by atoms with Gasteiger partial charge in [0.2, 0.25) is 6.79 Å². The number of ether oxygens (including phenoxy) is 2. The first-order valence-electron chi connectivity index (χ1n) is 9.53. The van der Waals surface area contributed by atoms with Gasteiger partial charge in [-0.2, -0.15) is 0 Å². The fourth-order valence-electron chi connectivity index (χ4n) is 3.45. The summed E-state index contributed by atoms with van der Waals surface area (Å²) in [6.07, 6.45) is 1.69. The monoisotopic (exact) mass is 412 g/mol. The molecule has 0 spiro atoms. The molecular weight excluding hydrogens is 396 g/mol. The molecule has 7 nitrogen and oxygen atoms in total. The van der Waals surface area contributed by atoms with Gasteiger partial charge in [0.25, 0.3) is 5.91 Å². The maximum atomic E-state index is 13.3. The molecule has 5 rings (SSSR count). The minimum absolute atomic E-state index is 0.143. The van der Waals surface area contributed by atoms with E-state index in [0.717, 1.165) is 11.1 Å². The van der Waals surface area contributed by atoms with E-state index in [9.17, 15) is 9.59 Å². The first kappa shape index (κ1) is 18.6. The van der Waals surface area contributed by atoms with Crippen molar-refractivity contribution < 1.29 is 24.2 Å². The lowest BCUT2D eigenvalue weighted by Crippen LogP contribution is -2.32. The van der Waals surface area contributed by atoms with E-state index in [1.54, 1.807) is 30.3 Å². The summed E-state index contributed by atoms with van der Waals surface area (Å²) in [5.41, 5.74) is 2.47. The molecule has 0 unspecified atom stereocenters. The lowest BCUT2D eigenvalue weighted by molar-refractivity contribution is -0.113. The van der Waals surface area contributed by atoms with Crippen molar-refractivity contribution >= 4 is 29.5 Å². The van der Waals surface area contributed by atoms with E-state index in [-0.39, 0.29) is 24.0 Å². The van der Waals surface area contributed by atoms with Gasteiger partial charge in [0, 0.05) is 5.56 Å². The lowest BCUT2D eigenvalue weighted by Gasteiger charge is -2.18. The molecule has 2 heterocycles. The van der Waals surface area contributed by atoms with Crippen molar-refractivity contribution in [3.63, 3.8) is 0 Å². The molecule has 2 aliphatic heterocycles. The average Bonchev–Trinajstić information content (AvgIpc) is 3.39. The average molecular weight is 412 g/mol. The topological polar surface area (TPSA) is 88.4 Å². The van der Waals surface area contributed by atoms with E-state index in [1.165, 1.54) is 17.0 Å². The lowest BCUT2D eigenvalue weighted by atomic mass is 10.1.